The lowest BCUT2D eigenvalue weighted by Gasteiger charge is -2.40. The molecule has 1 aliphatic heterocycles. The molecule has 0 saturated heterocycles. The van der Waals surface area contributed by atoms with Crippen LogP contribution in [0.25, 0.3) is 0 Å². The second kappa shape index (κ2) is 7.19. The van der Waals surface area contributed by atoms with Gasteiger partial charge in [0.25, 0.3) is 0 Å². The summed E-state index contributed by atoms with van der Waals surface area (Å²) < 4.78 is 26.4. The van der Waals surface area contributed by atoms with E-state index in [4.69, 9.17) is 5.73 Å². The van der Waals surface area contributed by atoms with E-state index < -0.39 is 15.6 Å². The Bertz CT molecular complexity index is 1170. The fraction of sp³-hybridized carbons (Fsp3) is 0.409. The molecule has 0 saturated carbocycles. The van der Waals surface area contributed by atoms with E-state index in [0.29, 0.717) is 12.1 Å². The molecule has 4 rings (SSSR count). The number of pyridine rings is 1. The number of aryl methyl sites for hydroxylation is 3. The minimum Gasteiger partial charge on any atom is -0.369 e. The van der Waals surface area contributed by atoms with Crippen LogP contribution in [0.5, 0.6) is 0 Å². The van der Waals surface area contributed by atoms with E-state index in [-0.39, 0.29) is 23.9 Å². The summed E-state index contributed by atoms with van der Waals surface area (Å²) in [5.74, 6) is -0.161. The second-order valence-corrected chi connectivity index (χ2v) is 10.3. The summed E-state index contributed by atoms with van der Waals surface area (Å²) in [7, 11) is -2.12. The predicted octanol–water partition coefficient (Wildman–Crippen LogP) is 2.25. The van der Waals surface area contributed by atoms with Crippen LogP contribution in [0.1, 0.15) is 51.1 Å². The summed E-state index contributed by atoms with van der Waals surface area (Å²) in [6, 6.07) is 7.82. The largest absolute Gasteiger partial charge is 0.369 e. The molecule has 1 spiro atoms. The number of carbonyl (C=O) groups is 1. The Morgan fingerprint density at radius 2 is 2.03 bits per heavy atom. The van der Waals surface area contributed by atoms with Gasteiger partial charge in [-0.05, 0) is 60.9 Å². The number of guanidine groups is 1. The van der Waals surface area contributed by atoms with Crippen molar-refractivity contribution in [3.05, 3.63) is 64.0 Å². The number of nitrogens with two attached hydrogens (primary N) is 1. The zero-order chi connectivity index (χ0) is 21.7. The molecule has 0 radical (unpaired) electrons. The molecule has 30 heavy (non-hydrogen) atoms. The molecule has 158 valence electrons. The molecule has 1 aromatic carbocycles. The monoisotopic (exact) mass is 426 g/mol. The van der Waals surface area contributed by atoms with Gasteiger partial charge in [-0.3, -0.25) is 9.78 Å². The Kier molecular flexibility index (Phi) is 4.92. The van der Waals surface area contributed by atoms with E-state index in [1.165, 1.54) is 7.05 Å². The van der Waals surface area contributed by atoms with E-state index >= 15 is 0 Å². The lowest BCUT2D eigenvalue weighted by molar-refractivity contribution is 0.0987. The highest BCUT2D eigenvalue weighted by Crippen LogP contribution is 2.42. The molecule has 0 bridgehead atoms. The molecule has 0 unspecified atom stereocenters. The molecule has 0 amide bonds. The second-order valence-electron chi connectivity index (χ2n) is 8.35. The van der Waals surface area contributed by atoms with Crippen molar-refractivity contribution in [1.82, 2.24) is 9.29 Å². The number of benzene rings is 1. The van der Waals surface area contributed by atoms with Gasteiger partial charge < -0.3 is 5.73 Å². The van der Waals surface area contributed by atoms with Gasteiger partial charge in [0, 0.05) is 19.7 Å². The first-order valence-electron chi connectivity index (χ1n) is 10.0. The zero-order valence-electron chi connectivity index (χ0n) is 17.5. The standard InChI is InChI=1S/C22H26N4O3S/c1-14-9-15(2)20(24-12-14)19(27)11-16-6-7-17-5-4-8-22(18(17)10-16)13-30(28,29)26(3)21(23)25-22/h6-7,9-10,12H,4-5,8,11,13H2,1-3H3,(H2,23,25)/t22-/m0/s1. The van der Waals surface area contributed by atoms with Crippen molar-refractivity contribution < 1.29 is 13.2 Å². The topological polar surface area (TPSA) is 106 Å². The lowest BCUT2D eigenvalue weighted by Crippen LogP contribution is -2.52. The van der Waals surface area contributed by atoms with Crippen molar-refractivity contribution >= 4 is 21.8 Å². The van der Waals surface area contributed by atoms with E-state index in [1.54, 1.807) is 6.20 Å². The quantitative estimate of drug-likeness (QED) is 0.758. The number of fused-ring (bicyclic) bond motifs is 2. The minimum absolute atomic E-state index is 0.00931. The van der Waals surface area contributed by atoms with E-state index in [1.807, 2.05) is 38.1 Å². The fourth-order valence-electron chi connectivity index (χ4n) is 4.50. The van der Waals surface area contributed by atoms with Gasteiger partial charge in [0.15, 0.2) is 5.78 Å². The first-order valence-corrected chi connectivity index (χ1v) is 11.6. The van der Waals surface area contributed by atoms with Gasteiger partial charge in [-0.25, -0.2) is 17.7 Å². The Balaban J connectivity index is 1.72. The Morgan fingerprint density at radius 3 is 2.73 bits per heavy atom. The van der Waals surface area contributed by atoms with Crippen molar-refractivity contribution in [3.63, 3.8) is 0 Å². The van der Waals surface area contributed by atoms with Gasteiger partial charge >= 0.3 is 0 Å². The number of rotatable bonds is 3. The van der Waals surface area contributed by atoms with Gasteiger partial charge in [-0.15, -0.1) is 0 Å². The number of Topliss-reactive ketones (excluding diaryl/α,β-unsaturated/α-hetero) is 1. The first-order chi connectivity index (χ1) is 14.1. The average molecular weight is 427 g/mol. The van der Waals surface area contributed by atoms with Crippen molar-refractivity contribution in [2.24, 2.45) is 10.7 Å². The van der Waals surface area contributed by atoms with Crippen LogP contribution in [0.15, 0.2) is 35.5 Å². The summed E-state index contributed by atoms with van der Waals surface area (Å²) in [6.45, 7) is 3.83. The normalized spacial score (nSPS) is 22.5. The van der Waals surface area contributed by atoms with Crippen molar-refractivity contribution in [2.75, 3.05) is 12.8 Å². The highest BCUT2D eigenvalue weighted by atomic mass is 32.2. The summed E-state index contributed by atoms with van der Waals surface area (Å²) >= 11 is 0. The zero-order valence-corrected chi connectivity index (χ0v) is 18.3. The Morgan fingerprint density at radius 1 is 1.27 bits per heavy atom. The molecule has 0 fully saturated rings. The molecule has 1 aromatic heterocycles. The molecule has 1 aliphatic carbocycles. The third-order valence-electron chi connectivity index (χ3n) is 6.05. The smallest absolute Gasteiger partial charge is 0.239 e. The highest BCUT2D eigenvalue weighted by Gasteiger charge is 2.45. The van der Waals surface area contributed by atoms with Gasteiger partial charge in [-0.1, -0.05) is 24.3 Å². The molecule has 2 aliphatic rings. The van der Waals surface area contributed by atoms with Gasteiger partial charge in [-0.2, -0.15) is 0 Å². The first kappa shape index (κ1) is 20.5. The maximum Gasteiger partial charge on any atom is 0.239 e. The van der Waals surface area contributed by atoms with Crippen LogP contribution in [-0.2, 0) is 28.4 Å². The van der Waals surface area contributed by atoms with Gasteiger partial charge in [0.2, 0.25) is 16.0 Å². The van der Waals surface area contributed by atoms with Crippen molar-refractivity contribution in [1.29, 1.82) is 0 Å². The molecule has 8 heteroatoms. The molecule has 2 N–H and O–H groups in total. The van der Waals surface area contributed by atoms with Crippen LogP contribution in [0.2, 0.25) is 0 Å². The summed E-state index contributed by atoms with van der Waals surface area (Å²) in [5.41, 5.74) is 10.2. The van der Waals surface area contributed by atoms with Crippen LogP contribution < -0.4 is 5.73 Å². The van der Waals surface area contributed by atoms with Crippen LogP contribution >= 0.6 is 0 Å². The summed E-state index contributed by atoms with van der Waals surface area (Å²) in [6.07, 6.45) is 4.21. The highest BCUT2D eigenvalue weighted by molar-refractivity contribution is 7.89. The minimum atomic E-state index is -3.55. The number of aromatic nitrogens is 1. The Labute approximate surface area is 177 Å². The maximum atomic E-state index is 12.9. The number of hydrogen-bond acceptors (Lipinski definition) is 6. The third-order valence-corrected chi connectivity index (χ3v) is 7.91. The Hall–Kier alpha value is -2.74. The number of sulfonamides is 1. The van der Waals surface area contributed by atoms with Crippen LogP contribution in [0, 0.1) is 13.8 Å². The molecule has 2 heterocycles. The number of aliphatic imine (C=N–C) groups is 1. The van der Waals surface area contributed by atoms with Crippen LogP contribution in [0.3, 0.4) is 0 Å². The number of ketones is 1. The van der Waals surface area contributed by atoms with Gasteiger partial charge in [0.1, 0.15) is 11.2 Å². The summed E-state index contributed by atoms with van der Waals surface area (Å²) in [5, 5.41) is 0. The summed E-state index contributed by atoms with van der Waals surface area (Å²) in [4.78, 5) is 21.8. The average Bonchev–Trinajstić information content (AvgIpc) is 2.66. The fourth-order valence-corrected chi connectivity index (χ4v) is 5.98. The van der Waals surface area contributed by atoms with Crippen molar-refractivity contribution in [2.45, 2.75) is 45.1 Å². The molecule has 1 atom stereocenters. The van der Waals surface area contributed by atoms with E-state index in [2.05, 4.69) is 9.98 Å². The van der Waals surface area contributed by atoms with Crippen LogP contribution in [-0.4, -0.2) is 42.3 Å². The molecule has 7 nitrogen and oxygen atoms in total. The molecular formula is C22H26N4O3S. The molecule has 2 aromatic rings. The molecular weight excluding hydrogens is 400 g/mol. The number of carbonyl (C=O) groups excluding carboxylic acids is 1. The lowest BCUT2D eigenvalue weighted by atomic mass is 9.77. The number of hydrogen-bond donors (Lipinski definition) is 1. The predicted molar refractivity (Wildman–Crippen MR) is 116 cm³/mol. The maximum absolute atomic E-state index is 12.9. The van der Waals surface area contributed by atoms with E-state index in [0.717, 1.165) is 45.0 Å². The van der Waals surface area contributed by atoms with Crippen LogP contribution in [0.4, 0.5) is 0 Å². The van der Waals surface area contributed by atoms with Crippen molar-refractivity contribution in [3.8, 4) is 0 Å². The SMILES string of the molecule is Cc1cnc(C(=O)Cc2ccc3c(c2)[C@]2(CCC3)CS(=O)(=O)N(C)C(N)=N2)c(C)c1. The van der Waals surface area contributed by atoms with Gasteiger partial charge in [0.05, 0.1) is 5.75 Å². The third kappa shape index (κ3) is 3.49. The van der Waals surface area contributed by atoms with E-state index in [9.17, 15) is 13.2 Å². The number of nitrogens with zero attached hydrogens (tertiary/aromatic N) is 3.